The maximum atomic E-state index is 13.2. The summed E-state index contributed by atoms with van der Waals surface area (Å²) in [4.78, 5) is 16.8. The number of likely N-dealkylation sites (N-methyl/N-ethyl adjacent to an activating group) is 1. The molecule has 0 spiro atoms. The minimum Gasteiger partial charge on any atom is -0.336 e. The average Bonchev–Trinajstić information content (AvgIpc) is 2.87. The summed E-state index contributed by atoms with van der Waals surface area (Å²) in [5, 5.41) is 2.99. The predicted molar refractivity (Wildman–Crippen MR) is 145 cm³/mol. The lowest BCUT2D eigenvalue weighted by Crippen LogP contribution is -2.48. The molecule has 1 aliphatic heterocycles. The van der Waals surface area contributed by atoms with Gasteiger partial charge in [0.15, 0.2) is 0 Å². The number of hydrogen-bond acceptors (Lipinski definition) is 4. The number of amides is 2. The third kappa shape index (κ3) is 7.02. The second-order valence-corrected chi connectivity index (χ2v) is 12.2. The minimum absolute atomic E-state index is 0.0365. The van der Waals surface area contributed by atoms with E-state index >= 15 is 0 Å². The number of aryl methyl sites for hydroxylation is 1. The molecular formula is C28H39FN4O3S. The Labute approximate surface area is 220 Å². The number of carbonyl (C=O) groups is 1. The number of sulfonamides is 1. The number of likely N-dealkylation sites (tertiary alicyclic amines) is 1. The summed E-state index contributed by atoms with van der Waals surface area (Å²) in [6.45, 7) is 9.74. The SMILES string of the molecule is CCN(CC1CCN(C(=O)NC(C)C)CC1)C1CCc2ccc(NS(=O)(=O)c3ccc(F)cc3)cc2C1. The number of hydrogen-bond donors (Lipinski definition) is 2. The second kappa shape index (κ2) is 11.8. The van der Waals surface area contributed by atoms with Crippen molar-refractivity contribution in [1.82, 2.24) is 15.1 Å². The first-order chi connectivity index (χ1) is 17.6. The number of rotatable bonds is 8. The van der Waals surface area contributed by atoms with Gasteiger partial charge in [-0.05, 0) is 106 Å². The first-order valence-electron chi connectivity index (χ1n) is 13.3. The van der Waals surface area contributed by atoms with Crippen molar-refractivity contribution in [2.45, 2.75) is 69.9 Å². The van der Waals surface area contributed by atoms with E-state index in [1.165, 1.54) is 23.3 Å². The molecule has 1 heterocycles. The molecule has 7 nitrogen and oxygen atoms in total. The average molecular weight is 531 g/mol. The number of anilines is 1. The fraction of sp³-hybridized carbons (Fsp3) is 0.536. The molecule has 9 heteroatoms. The van der Waals surface area contributed by atoms with E-state index in [0.717, 1.165) is 70.4 Å². The highest BCUT2D eigenvalue weighted by molar-refractivity contribution is 7.92. The van der Waals surface area contributed by atoms with E-state index in [9.17, 15) is 17.6 Å². The van der Waals surface area contributed by atoms with E-state index in [-0.39, 0.29) is 17.0 Å². The Morgan fingerprint density at radius 2 is 1.78 bits per heavy atom. The zero-order valence-corrected chi connectivity index (χ0v) is 22.9. The summed E-state index contributed by atoms with van der Waals surface area (Å²) in [6, 6.07) is 11.2. The van der Waals surface area contributed by atoms with Gasteiger partial charge in [-0.3, -0.25) is 4.72 Å². The van der Waals surface area contributed by atoms with E-state index in [2.05, 4.69) is 21.9 Å². The van der Waals surface area contributed by atoms with Gasteiger partial charge >= 0.3 is 6.03 Å². The quantitative estimate of drug-likeness (QED) is 0.521. The number of nitrogens with one attached hydrogen (secondary N) is 2. The van der Waals surface area contributed by atoms with Gasteiger partial charge in [-0.25, -0.2) is 17.6 Å². The van der Waals surface area contributed by atoms with Gasteiger partial charge in [-0.2, -0.15) is 0 Å². The van der Waals surface area contributed by atoms with Crippen LogP contribution in [0.1, 0.15) is 51.2 Å². The molecule has 2 aliphatic rings. The van der Waals surface area contributed by atoms with Gasteiger partial charge in [-0.15, -0.1) is 0 Å². The first-order valence-corrected chi connectivity index (χ1v) is 14.8. The summed E-state index contributed by atoms with van der Waals surface area (Å²) in [5.74, 6) is 0.0970. The highest BCUT2D eigenvalue weighted by Gasteiger charge is 2.29. The summed E-state index contributed by atoms with van der Waals surface area (Å²) < 4.78 is 41.4. The highest BCUT2D eigenvalue weighted by atomic mass is 32.2. The summed E-state index contributed by atoms with van der Waals surface area (Å²) in [5.41, 5.74) is 2.97. The molecule has 37 heavy (non-hydrogen) atoms. The van der Waals surface area contributed by atoms with Crippen LogP contribution in [-0.4, -0.2) is 62.5 Å². The zero-order chi connectivity index (χ0) is 26.6. The van der Waals surface area contributed by atoms with Crippen LogP contribution in [0.4, 0.5) is 14.9 Å². The lowest BCUT2D eigenvalue weighted by Gasteiger charge is -2.39. The van der Waals surface area contributed by atoms with Crippen molar-refractivity contribution in [3.8, 4) is 0 Å². The van der Waals surface area contributed by atoms with Crippen LogP contribution in [0.15, 0.2) is 47.4 Å². The molecule has 0 radical (unpaired) electrons. The standard InChI is InChI=1S/C28H39FN4O3S/c1-4-32(19-21-13-15-33(16-14-21)28(34)30-20(2)3)26-10-6-22-5-9-25(17-23(22)18-26)31-37(35,36)27-11-7-24(29)8-12-27/h5,7-9,11-12,17,20-21,26,31H,4,6,10,13-16,18-19H2,1-3H3,(H,30,34). The van der Waals surface area contributed by atoms with Crippen LogP contribution < -0.4 is 10.0 Å². The van der Waals surface area contributed by atoms with Gasteiger partial charge in [0.1, 0.15) is 5.82 Å². The Hall–Kier alpha value is -2.65. The molecule has 0 saturated carbocycles. The lowest BCUT2D eigenvalue weighted by atomic mass is 9.86. The van der Waals surface area contributed by atoms with Crippen molar-refractivity contribution in [2.75, 3.05) is 30.9 Å². The highest BCUT2D eigenvalue weighted by Crippen LogP contribution is 2.29. The fourth-order valence-electron chi connectivity index (χ4n) is 5.47. The van der Waals surface area contributed by atoms with Crippen molar-refractivity contribution >= 4 is 21.7 Å². The number of fused-ring (bicyclic) bond motifs is 1. The Morgan fingerprint density at radius 3 is 2.43 bits per heavy atom. The molecule has 202 valence electrons. The molecule has 1 saturated heterocycles. The second-order valence-electron chi connectivity index (χ2n) is 10.6. The largest absolute Gasteiger partial charge is 0.336 e. The number of benzene rings is 2. The van der Waals surface area contributed by atoms with Crippen LogP contribution in [0.2, 0.25) is 0 Å². The van der Waals surface area contributed by atoms with Crippen molar-refractivity contribution in [2.24, 2.45) is 5.92 Å². The van der Waals surface area contributed by atoms with Crippen molar-refractivity contribution in [3.05, 3.63) is 59.4 Å². The molecule has 2 aromatic carbocycles. The number of nitrogens with zero attached hydrogens (tertiary/aromatic N) is 2. The molecule has 1 aliphatic carbocycles. The van der Waals surface area contributed by atoms with Crippen LogP contribution in [0.25, 0.3) is 0 Å². The molecule has 2 aromatic rings. The van der Waals surface area contributed by atoms with E-state index in [1.54, 1.807) is 6.07 Å². The number of halogens is 1. The topological polar surface area (TPSA) is 81.8 Å². The summed E-state index contributed by atoms with van der Waals surface area (Å²) >= 11 is 0. The number of carbonyl (C=O) groups excluding carboxylic acids is 1. The summed E-state index contributed by atoms with van der Waals surface area (Å²) in [6.07, 6.45) is 4.96. The summed E-state index contributed by atoms with van der Waals surface area (Å²) in [7, 11) is -3.79. The molecule has 0 aromatic heterocycles. The van der Waals surface area contributed by atoms with Crippen molar-refractivity contribution in [3.63, 3.8) is 0 Å². The minimum atomic E-state index is -3.79. The first kappa shape index (κ1) is 27.4. The zero-order valence-electron chi connectivity index (χ0n) is 22.0. The number of piperidine rings is 1. The van der Waals surface area contributed by atoms with Crippen molar-refractivity contribution < 1.29 is 17.6 Å². The van der Waals surface area contributed by atoms with E-state index in [1.807, 2.05) is 30.9 Å². The van der Waals surface area contributed by atoms with Gasteiger partial charge in [-0.1, -0.05) is 13.0 Å². The van der Waals surface area contributed by atoms with Gasteiger partial charge < -0.3 is 15.1 Å². The van der Waals surface area contributed by atoms with Crippen LogP contribution in [-0.2, 0) is 22.9 Å². The third-order valence-corrected chi connectivity index (χ3v) is 8.91. The molecule has 1 atom stereocenters. The molecule has 2 N–H and O–H groups in total. The molecular weight excluding hydrogens is 491 g/mol. The van der Waals surface area contributed by atoms with Crippen LogP contribution in [0.3, 0.4) is 0 Å². The number of urea groups is 1. The van der Waals surface area contributed by atoms with Crippen LogP contribution >= 0.6 is 0 Å². The Balaban J connectivity index is 1.36. The fourth-order valence-corrected chi connectivity index (χ4v) is 6.52. The van der Waals surface area contributed by atoms with Crippen LogP contribution in [0.5, 0.6) is 0 Å². The van der Waals surface area contributed by atoms with E-state index < -0.39 is 15.8 Å². The Bertz CT molecular complexity index is 1180. The Kier molecular flexibility index (Phi) is 8.75. The maximum Gasteiger partial charge on any atom is 0.317 e. The lowest BCUT2D eigenvalue weighted by molar-refractivity contribution is 0.120. The molecule has 1 fully saturated rings. The van der Waals surface area contributed by atoms with Gasteiger partial charge in [0.05, 0.1) is 4.90 Å². The van der Waals surface area contributed by atoms with E-state index in [4.69, 9.17) is 0 Å². The molecule has 4 rings (SSSR count). The Morgan fingerprint density at radius 1 is 1.08 bits per heavy atom. The monoisotopic (exact) mass is 530 g/mol. The predicted octanol–water partition coefficient (Wildman–Crippen LogP) is 4.64. The molecule has 2 amide bonds. The van der Waals surface area contributed by atoms with Gasteiger partial charge in [0.25, 0.3) is 10.0 Å². The third-order valence-electron chi connectivity index (χ3n) is 7.51. The van der Waals surface area contributed by atoms with E-state index in [0.29, 0.717) is 17.6 Å². The van der Waals surface area contributed by atoms with Gasteiger partial charge in [0.2, 0.25) is 0 Å². The van der Waals surface area contributed by atoms with Crippen LogP contribution in [0, 0.1) is 11.7 Å². The molecule has 0 bridgehead atoms. The van der Waals surface area contributed by atoms with Crippen molar-refractivity contribution in [1.29, 1.82) is 0 Å². The maximum absolute atomic E-state index is 13.2. The normalized spacial score (nSPS) is 18.6. The smallest absolute Gasteiger partial charge is 0.317 e. The van der Waals surface area contributed by atoms with Gasteiger partial charge in [0, 0.05) is 37.4 Å². The molecule has 1 unspecified atom stereocenters.